The summed E-state index contributed by atoms with van der Waals surface area (Å²) in [4.78, 5) is 3.07. The molecule has 1 N–H and O–H groups in total. The third-order valence-corrected chi connectivity index (χ3v) is 1.52. The predicted molar refractivity (Wildman–Crippen MR) is 35.6 cm³/mol. The Morgan fingerprint density at radius 3 is 2.75 bits per heavy atom. The van der Waals surface area contributed by atoms with Crippen LogP contribution in [0.3, 0.4) is 0 Å². The summed E-state index contributed by atoms with van der Waals surface area (Å²) in [6.07, 6.45) is 1.91. The van der Waals surface area contributed by atoms with Gasteiger partial charge in [-0.1, -0.05) is 22.0 Å². The molecule has 0 bridgehead atoms. The molecule has 0 aromatic carbocycles. The third kappa shape index (κ3) is 1.30. The lowest BCUT2D eigenvalue weighted by Crippen LogP contribution is -2.05. The average Bonchev–Trinajstić information content (AvgIpc) is 1.90. The highest BCUT2D eigenvalue weighted by Gasteiger charge is 1.90. The van der Waals surface area contributed by atoms with Crippen LogP contribution >= 0.6 is 15.9 Å². The van der Waals surface area contributed by atoms with Gasteiger partial charge in [0.05, 0.1) is 5.33 Å². The molecule has 0 radical (unpaired) electrons. The van der Waals surface area contributed by atoms with Crippen molar-refractivity contribution < 1.29 is 4.98 Å². The lowest BCUT2D eigenvalue weighted by atomic mass is 10.4. The van der Waals surface area contributed by atoms with Gasteiger partial charge < -0.3 is 0 Å². The van der Waals surface area contributed by atoms with Gasteiger partial charge in [-0.2, -0.15) is 0 Å². The molecule has 1 rings (SSSR count). The number of alkyl halides is 1. The Balaban J connectivity index is 2.83. The van der Waals surface area contributed by atoms with E-state index in [2.05, 4.69) is 20.9 Å². The van der Waals surface area contributed by atoms with Crippen LogP contribution in [0.4, 0.5) is 0 Å². The molecule has 0 atom stereocenters. The quantitative estimate of drug-likeness (QED) is 0.570. The lowest BCUT2D eigenvalue weighted by molar-refractivity contribution is -0.388. The summed E-state index contributed by atoms with van der Waals surface area (Å²) in [5, 5.41) is 0.897. The summed E-state index contributed by atoms with van der Waals surface area (Å²) < 4.78 is 0. The molecule has 1 aromatic heterocycles. The maximum atomic E-state index is 3.33. The summed E-state index contributed by atoms with van der Waals surface area (Å²) >= 11 is 3.33. The second-order valence-electron chi connectivity index (χ2n) is 1.52. The number of rotatable bonds is 1. The summed E-state index contributed by atoms with van der Waals surface area (Å²) in [7, 11) is 0. The Morgan fingerprint density at radius 2 is 2.38 bits per heavy atom. The van der Waals surface area contributed by atoms with Crippen molar-refractivity contribution in [1.82, 2.24) is 0 Å². The van der Waals surface area contributed by atoms with Crippen LogP contribution in [0.25, 0.3) is 0 Å². The molecule has 0 spiro atoms. The highest BCUT2D eigenvalue weighted by atomic mass is 79.9. The Labute approximate surface area is 56.9 Å². The molecule has 0 saturated carbocycles. The molecule has 0 amide bonds. The van der Waals surface area contributed by atoms with Gasteiger partial charge in [-0.05, 0) is 0 Å². The van der Waals surface area contributed by atoms with Crippen LogP contribution in [-0.4, -0.2) is 0 Å². The van der Waals surface area contributed by atoms with Gasteiger partial charge in [0, 0.05) is 12.1 Å². The molecular weight excluding hydrogens is 166 g/mol. The SMILES string of the molecule is BrCc1cccc[nH+]1. The highest BCUT2D eigenvalue weighted by Crippen LogP contribution is 1.94. The van der Waals surface area contributed by atoms with Gasteiger partial charge in [-0.15, -0.1) is 0 Å². The number of pyridine rings is 1. The Bertz CT molecular complexity index is 150. The fourth-order valence-electron chi connectivity index (χ4n) is 0.514. The first-order valence-corrected chi connectivity index (χ1v) is 3.57. The number of halogens is 1. The van der Waals surface area contributed by atoms with Gasteiger partial charge in [0.15, 0.2) is 11.9 Å². The number of nitrogens with one attached hydrogen (secondary N) is 1. The number of hydrogen-bond donors (Lipinski definition) is 0. The molecule has 0 aliphatic carbocycles. The summed E-state index contributed by atoms with van der Waals surface area (Å²) in [5.41, 5.74) is 1.20. The molecule has 1 aromatic rings. The van der Waals surface area contributed by atoms with E-state index in [1.54, 1.807) is 0 Å². The molecule has 0 aliphatic rings. The number of aromatic nitrogens is 1. The molecule has 2 heteroatoms. The van der Waals surface area contributed by atoms with E-state index in [-0.39, 0.29) is 0 Å². The van der Waals surface area contributed by atoms with Crippen molar-refractivity contribution in [2.75, 3.05) is 0 Å². The standard InChI is InChI=1S/C6H6BrN/c7-5-6-3-1-2-4-8-6/h1-4H,5H2/p+1. The fourth-order valence-corrected chi connectivity index (χ4v) is 0.862. The monoisotopic (exact) mass is 172 g/mol. The number of aromatic amines is 1. The zero-order valence-corrected chi connectivity index (χ0v) is 5.98. The largest absolute Gasteiger partial charge is 0.214 e. The Morgan fingerprint density at radius 1 is 1.50 bits per heavy atom. The molecule has 0 fully saturated rings. The van der Waals surface area contributed by atoms with Gasteiger partial charge in [0.2, 0.25) is 0 Å². The van der Waals surface area contributed by atoms with Crippen LogP contribution < -0.4 is 4.98 Å². The second kappa shape index (κ2) is 2.82. The van der Waals surface area contributed by atoms with E-state index in [1.807, 2.05) is 24.4 Å². The average molecular weight is 173 g/mol. The maximum Gasteiger partial charge on any atom is 0.190 e. The normalized spacial score (nSPS) is 9.12. The molecule has 0 aliphatic heterocycles. The minimum absolute atomic E-state index is 0.897. The number of H-pyrrole nitrogens is 1. The third-order valence-electron chi connectivity index (χ3n) is 0.917. The highest BCUT2D eigenvalue weighted by molar-refractivity contribution is 9.08. The van der Waals surface area contributed by atoms with Crippen molar-refractivity contribution in [3.05, 3.63) is 30.1 Å². The minimum Gasteiger partial charge on any atom is -0.214 e. The van der Waals surface area contributed by atoms with Gasteiger partial charge in [0.25, 0.3) is 0 Å². The van der Waals surface area contributed by atoms with Crippen molar-refractivity contribution in [1.29, 1.82) is 0 Å². The maximum absolute atomic E-state index is 3.33. The van der Waals surface area contributed by atoms with Crippen molar-refractivity contribution in [2.45, 2.75) is 5.33 Å². The van der Waals surface area contributed by atoms with Crippen LogP contribution in [0.15, 0.2) is 24.4 Å². The van der Waals surface area contributed by atoms with Crippen LogP contribution in [0.5, 0.6) is 0 Å². The molecule has 1 heterocycles. The van der Waals surface area contributed by atoms with E-state index in [0.717, 1.165) is 5.33 Å². The Kier molecular flexibility index (Phi) is 2.03. The zero-order chi connectivity index (χ0) is 5.82. The molecule has 0 saturated heterocycles. The molecule has 1 nitrogen and oxygen atoms in total. The van der Waals surface area contributed by atoms with E-state index in [9.17, 15) is 0 Å². The van der Waals surface area contributed by atoms with Crippen LogP contribution in [-0.2, 0) is 5.33 Å². The van der Waals surface area contributed by atoms with Crippen LogP contribution in [0.2, 0.25) is 0 Å². The van der Waals surface area contributed by atoms with E-state index < -0.39 is 0 Å². The first-order valence-electron chi connectivity index (χ1n) is 2.45. The smallest absolute Gasteiger partial charge is 0.190 e. The van der Waals surface area contributed by atoms with E-state index in [4.69, 9.17) is 0 Å². The summed E-state index contributed by atoms with van der Waals surface area (Å²) in [6, 6.07) is 6.01. The summed E-state index contributed by atoms with van der Waals surface area (Å²) in [6.45, 7) is 0. The van der Waals surface area contributed by atoms with Gasteiger partial charge in [-0.3, -0.25) is 0 Å². The first-order chi connectivity index (χ1) is 3.93. The fraction of sp³-hybridized carbons (Fsp3) is 0.167. The van der Waals surface area contributed by atoms with Crippen molar-refractivity contribution in [2.24, 2.45) is 0 Å². The molecule has 0 unspecified atom stereocenters. The second-order valence-corrected chi connectivity index (χ2v) is 2.08. The van der Waals surface area contributed by atoms with E-state index in [1.165, 1.54) is 5.69 Å². The molecule has 42 valence electrons. The molecule has 8 heavy (non-hydrogen) atoms. The number of hydrogen-bond acceptors (Lipinski definition) is 0. The van der Waals surface area contributed by atoms with Crippen molar-refractivity contribution in [3.63, 3.8) is 0 Å². The predicted octanol–water partition coefficient (Wildman–Crippen LogP) is 1.40. The van der Waals surface area contributed by atoms with Crippen molar-refractivity contribution >= 4 is 15.9 Å². The van der Waals surface area contributed by atoms with Gasteiger partial charge in [0.1, 0.15) is 0 Å². The van der Waals surface area contributed by atoms with E-state index >= 15 is 0 Å². The Hall–Kier alpha value is -0.370. The van der Waals surface area contributed by atoms with Crippen molar-refractivity contribution in [3.8, 4) is 0 Å². The van der Waals surface area contributed by atoms with Crippen LogP contribution in [0.1, 0.15) is 5.69 Å². The van der Waals surface area contributed by atoms with Crippen LogP contribution in [0, 0.1) is 0 Å². The zero-order valence-electron chi connectivity index (χ0n) is 4.39. The minimum atomic E-state index is 0.897. The summed E-state index contributed by atoms with van der Waals surface area (Å²) in [5.74, 6) is 0. The van der Waals surface area contributed by atoms with Gasteiger partial charge >= 0.3 is 0 Å². The first kappa shape index (κ1) is 5.76. The lowest BCUT2D eigenvalue weighted by Gasteiger charge is -1.80. The topological polar surface area (TPSA) is 14.1 Å². The molecular formula is C6H7BrN+. The van der Waals surface area contributed by atoms with E-state index in [0.29, 0.717) is 0 Å². The van der Waals surface area contributed by atoms with Gasteiger partial charge in [-0.25, -0.2) is 4.98 Å².